The Hall–Kier alpha value is -0.810. The minimum atomic E-state index is -0.237. The fourth-order valence-electron chi connectivity index (χ4n) is 1.31. The second-order valence-corrected chi connectivity index (χ2v) is 4.41. The van der Waals surface area contributed by atoms with Crippen molar-refractivity contribution in [1.82, 2.24) is 5.32 Å². The van der Waals surface area contributed by atoms with E-state index in [1.165, 1.54) is 6.07 Å². The van der Waals surface area contributed by atoms with E-state index in [2.05, 4.69) is 5.32 Å². The lowest BCUT2D eigenvalue weighted by Gasteiger charge is -2.07. The van der Waals surface area contributed by atoms with Crippen molar-refractivity contribution in [3.8, 4) is 0 Å². The summed E-state index contributed by atoms with van der Waals surface area (Å²) < 4.78 is 5.06. The predicted octanol–water partition coefficient (Wildman–Crippen LogP) is 2.12. The molecule has 0 atom stereocenters. The predicted molar refractivity (Wildman–Crippen MR) is 71.3 cm³/mol. The average Bonchev–Trinajstić information content (AvgIpc) is 2.33. The first-order chi connectivity index (χ1) is 8.65. The monoisotopic (exact) mass is 291 g/mol. The van der Waals surface area contributed by atoms with Gasteiger partial charge in [-0.15, -0.1) is 0 Å². The number of hydrogen-bond acceptors (Lipinski definition) is 3. The normalized spacial score (nSPS) is 10.4. The van der Waals surface area contributed by atoms with Crippen LogP contribution in [0.2, 0.25) is 10.0 Å². The summed E-state index contributed by atoms with van der Waals surface area (Å²) in [6.07, 6.45) is 0.678. The molecule has 0 heterocycles. The maximum Gasteiger partial charge on any atom is 0.252 e. The number of carbonyl (C=O) groups is 1. The molecular formula is C12H15Cl2NO3. The van der Waals surface area contributed by atoms with E-state index in [9.17, 15) is 4.79 Å². The van der Waals surface area contributed by atoms with Crippen LogP contribution < -0.4 is 5.32 Å². The molecule has 2 N–H and O–H groups in total. The van der Waals surface area contributed by atoms with Crippen LogP contribution in [0.15, 0.2) is 18.2 Å². The van der Waals surface area contributed by atoms with Crippen LogP contribution >= 0.6 is 23.2 Å². The second-order valence-electron chi connectivity index (χ2n) is 3.57. The molecule has 0 unspecified atom stereocenters. The van der Waals surface area contributed by atoms with Crippen LogP contribution in [0.4, 0.5) is 0 Å². The van der Waals surface area contributed by atoms with E-state index in [0.717, 1.165) is 0 Å². The Labute approximate surface area is 116 Å². The Morgan fingerprint density at radius 2 is 2.11 bits per heavy atom. The van der Waals surface area contributed by atoms with E-state index in [1.54, 1.807) is 12.1 Å². The van der Waals surface area contributed by atoms with Gasteiger partial charge >= 0.3 is 0 Å². The van der Waals surface area contributed by atoms with Gasteiger partial charge in [0, 0.05) is 18.2 Å². The molecule has 0 radical (unpaired) electrons. The molecule has 0 saturated heterocycles. The summed E-state index contributed by atoms with van der Waals surface area (Å²) in [4.78, 5) is 11.7. The lowest BCUT2D eigenvalue weighted by Crippen LogP contribution is -2.25. The van der Waals surface area contributed by atoms with Crippen molar-refractivity contribution in [2.45, 2.75) is 6.42 Å². The molecule has 1 amide bonds. The Balaban J connectivity index is 2.32. The van der Waals surface area contributed by atoms with E-state index in [1.807, 2.05) is 0 Å². The van der Waals surface area contributed by atoms with Crippen molar-refractivity contribution < 1.29 is 14.6 Å². The third-order valence-electron chi connectivity index (χ3n) is 2.16. The number of aliphatic hydroxyl groups is 1. The van der Waals surface area contributed by atoms with Crippen LogP contribution in [0.1, 0.15) is 16.8 Å². The molecule has 0 spiro atoms. The van der Waals surface area contributed by atoms with Crippen molar-refractivity contribution >= 4 is 29.1 Å². The number of carbonyl (C=O) groups excluding carboxylic acids is 1. The van der Waals surface area contributed by atoms with Crippen molar-refractivity contribution in [3.05, 3.63) is 33.8 Å². The number of rotatable bonds is 7. The topological polar surface area (TPSA) is 58.6 Å². The van der Waals surface area contributed by atoms with Gasteiger partial charge in [0.2, 0.25) is 0 Å². The second kappa shape index (κ2) is 8.32. The summed E-state index contributed by atoms with van der Waals surface area (Å²) in [6.45, 7) is 1.31. The summed E-state index contributed by atoms with van der Waals surface area (Å²) in [5, 5.41) is 12.0. The molecule has 0 aliphatic rings. The first-order valence-electron chi connectivity index (χ1n) is 5.57. The van der Waals surface area contributed by atoms with Gasteiger partial charge in [0.1, 0.15) is 0 Å². The lowest BCUT2D eigenvalue weighted by molar-refractivity contribution is 0.0867. The minimum absolute atomic E-state index is 0.00669. The van der Waals surface area contributed by atoms with Crippen LogP contribution in [0, 0.1) is 0 Å². The molecule has 0 fully saturated rings. The van der Waals surface area contributed by atoms with E-state index in [4.69, 9.17) is 33.0 Å². The zero-order valence-electron chi connectivity index (χ0n) is 9.79. The third kappa shape index (κ3) is 5.23. The number of hydrogen-bond donors (Lipinski definition) is 2. The third-order valence-corrected chi connectivity index (χ3v) is 2.71. The highest BCUT2D eigenvalue weighted by Gasteiger charge is 2.09. The zero-order chi connectivity index (χ0) is 13.4. The molecule has 100 valence electrons. The fraction of sp³-hybridized carbons (Fsp3) is 0.417. The van der Waals surface area contributed by atoms with Gasteiger partial charge in [0.25, 0.3) is 5.91 Å². The zero-order valence-corrected chi connectivity index (χ0v) is 11.3. The van der Waals surface area contributed by atoms with E-state index >= 15 is 0 Å². The number of amides is 1. The molecule has 0 aromatic heterocycles. The van der Waals surface area contributed by atoms with Crippen LogP contribution in [0.3, 0.4) is 0 Å². The molecule has 1 rings (SSSR count). The van der Waals surface area contributed by atoms with Gasteiger partial charge in [-0.1, -0.05) is 23.2 Å². The first kappa shape index (κ1) is 15.2. The van der Waals surface area contributed by atoms with Crippen LogP contribution in [0.25, 0.3) is 0 Å². The maximum atomic E-state index is 11.7. The van der Waals surface area contributed by atoms with Crippen molar-refractivity contribution in [2.24, 2.45) is 0 Å². The molecule has 0 bridgehead atoms. The molecule has 6 heteroatoms. The molecule has 18 heavy (non-hydrogen) atoms. The van der Waals surface area contributed by atoms with Gasteiger partial charge in [0.15, 0.2) is 0 Å². The number of aliphatic hydroxyl groups excluding tert-OH is 1. The Kier molecular flexibility index (Phi) is 7.05. The lowest BCUT2D eigenvalue weighted by atomic mass is 10.2. The summed E-state index contributed by atoms with van der Waals surface area (Å²) >= 11 is 11.7. The highest BCUT2D eigenvalue weighted by Crippen LogP contribution is 2.20. The summed E-state index contributed by atoms with van der Waals surface area (Å²) in [7, 11) is 0. The standard InChI is InChI=1S/C12H15Cl2NO3/c13-9-2-3-10(11(14)8-9)12(17)15-4-1-6-18-7-5-16/h2-3,8,16H,1,4-7H2,(H,15,17). The highest BCUT2D eigenvalue weighted by atomic mass is 35.5. The molecular weight excluding hydrogens is 277 g/mol. The Morgan fingerprint density at radius 1 is 1.33 bits per heavy atom. The molecule has 1 aromatic carbocycles. The van der Waals surface area contributed by atoms with Crippen LogP contribution in [0.5, 0.6) is 0 Å². The van der Waals surface area contributed by atoms with Gasteiger partial charge in [-0.25, -0.2) is 0 Å². The summed E-state index contributed by atoms with van der Waals surface area (Å²) in [6, 6.07) is 4.73. The number of halogens is 2. The molecule has 4 nitrogen and oxygen atoms in total. The first-order valence-corrected chi connectivity index (χ1v) is 6.32. The molecule has 0 saturated carbocycles. The Morgan fingerprint density at radius 3 is 2.78 bits per heavy atom. The quantitative estimate of drug-likeness (QED) is 0.757. The summed E-state index contributed by atoms with van der Waals surface area (Å²) in [5.41, 5.74) is 0.400. The largest absolute Gasteiger partial charge is 0.394 e. The molecule has 1 aromatic rings. The summed E-state index contributed by atoms with van der Waals surface area (Å²) in [5.74, 6) is -0.237. The van der Waals surface area contributed by atoms with E-state index < -0.39 is 0 Å². The maximum absolute atomic E-state index is 11.7. The van der Waals surface area contributed by atoms with Gasteiger partial charge in [-0.2, -0.15) is 0 Å². The van der Waals surface area contributed by atoms with Gasteiger partial charge in [0.05, 0.1) is 23.8 Å². The fourth-order valence-corrected chi connectivity index (χ4v) is 1.81. The average molecular weight is 292 g/mol. The van der Waals surface area contributed by atoms with Crippen LogP contribution in [-0.2, 0) is 4.74 Å². The van der Waals surface area contributed by atoms with Crippen molar-refractivity contribution in [3.63, 3.8) is 0 Å². The Bertz CT molecular complexity index is 399. The van der Waals surface area contributed by atoms with E-state index in [0.29, 0.717) is 41.8 Å². The molecule has 0 aliphatic carbocycles. The van der Waals surface area contributed by atoms with Crippen LogP contribution in [-0.4, -0.2) is 37.4 Å². The number of benzene rings is 1. The highest BCUT2D eigenvalue weighted by molar-refractivity contribution is 6.36. The SMILES string of the molecule is O=C(NCCCOCCO)c1ccc(Cl)cc1Cl. The van der Waals surface area contributed by atoms with E-state index in [-0.39, 0.29) is 12.5 Å². The van der Waals surface area contributed by atoms with Gasteiger partial charge in [-0.3, -0.25) is 4.79 Å². The van der Waals surface area contributed by atoms with Crippen molar-refractivity contribution in [2.75, 3.05) is 26.4 Å². The molecule has 0 aliphatic heterocycles. The number of ether oxygens (including phenoxy) is 1. The smallest absolute Gasteiger partial charge is 0.252 e. The van der Waals surface area contributed by atoms with Gasteiger partial charge in [-0.05, 0) is 24.6 Å². The number of nitrogens with one attached hydrogen (secondary N) is 1. The van der Waals surface area contributed by atoms with Gasteiger partial charge < -0.3 is 15.2 Å². The minimum Gasteiger partial charge on any atom is -0.394 e. The van der Waals surface area contributed by atoms with Crippen molar-refractivity contribution in [1.29, 1.82) is 0 Å².